The van der Waals surface area contributed by atoms with Crippen LogP contribution in [-0.2, 0) is 6.61 Å². The molecule has 16 heavy (non-hydrogen) atoms. The highest BCUT2D eigenvalue weighted by molar-refractivity contribution is 5.36. The maximum absolute atomic E-state index is 8.88. The van der Waals surface area contributed by atoms with Gasteiger partial charge < -0.3 is 15.6 Å². The summed E-state index contributed by atoms with van der Waals surface area (Å²) in [5, 5.41) is 8.88. The average molecular weight is 216 g/mol. The van der Waals surface area contributed by atoms with Crippen LogP contribution in [0.5, 0.6) is 11.5 Å². The van der Waals surface area contributed by atoms with Gasteiger partial charge in [0.25, 0.3) is 0 Å². The van der Waals surface area contributed by atoms with Gasteiger partial charge >= 0.3 is 0 Å². The van der Waals surface area contributed by atoms with E-state index < -0.39 is 0 Å². The van der Waals surface area contributed by atoms with Gasteiger partial charge in [0, 0.05) is 0 Å². The highest BCUT2D eigenvalue weighted by Gasteiger charge is 1.97. The lowest BCUT2D eigenvalue weighted by atomic mass is 10.2. The van der Waals surface area contributed by atoms with E-state index in [4.69, 9.17) is 15.6 Å². The number of nitrogens with two attached hydrogens (primary N) is 1. The molecule has 4 heteroatoms. The predicted octanol–water partition coefficient (Wildman–Crippen LogP) is 1.95. The maximum atomic E-state index is 8.88. The van der Waals surface area contributed by atoms with Crippen molar-refractivity contribution >= 4 is 5.82 Å². The molecule has 4 nitrogen and oxygen atoms in total. The standard InChI is InChI=1S/C12H12N2O2/c13-12-6-5-11(7-14-12)16-10-3-1-9(8-15)2-4-10/h1-7,15H,8H2,(H2,13,14). The number of pyridine rings is 1. The van der Waals surface area contributed by atoms with Crippen molar-refractivity contribution < 1.29 is 9.84 Å². The first-order valence-corrected chi connectivity index (χ1v) is 4.87. The number of rotatable bonds is 3. The number of nitrogens with zero attached hydrogens (tertiary/aromatic N) is 1. The van der Waals surface area contributed by atoms with E-state index in [1.54, 1.807) is 42.6 Å². The minimum atomic E-state index is 0.0315. The Morgan fingerprint density at radius 1 is 1.06 bits per heavy atom. The van der Waals surface area contributed by atoms with Crippen LogP contribution >= 0.6 is 0 Å². The highest BCUT2D eigenvalue weighted by atomic mass is 16.5. The normalized spacial score (nSPS) is 10.1. The number of aliphatic hydroxyl groups excluding tert-OH is 1. The van der Waals surface area contributed by atoms with Crippen LogP contribution in [0, 0.1) is 0 Å². The molecule has 0 saturated heterocycles. The van der Waals surface area contributed by atoms with E-state index in [1.165, 1.54) is 0 Å². The molecule has 3 N–H and O–H groups in total. The third-order valence-corrected chi connectivity index (χ3v) is 2.10. The van der Waals surface area contributed by atoms with E-state index in [1.807, 2.05) is 0 Å². The molecule has 0 atom stereocenters. The Hall–Kier alpha value is -2.07. The van der Waals surface area contributed by atoms with Gasteiger partial charge in [-0.05, 0) is 29.8 Å². The third kappa shape index (κ3) is 2.49. The number of anilines is 1. The molecular formula is C12H12N2O2. The summed E-state index contributed by atoms with van der Waals surface area (Å²) < 4.78 is 5.53. The van der Waals surface area contributed by atoms with E-state index >= 15 is 0 Å². The number of aliphatic hydroxyl groups is 1. The van der Waals surface area contributed by atoms with Crippen LogP contribution < -0.4 is 10.5 Å². The predicted molar refractivity (Wildman–Crippen MR) is 61.1 cm³/mol. The van der Waals surface area contributed by atoms with Gasteiger partial charge in [-0.3, -0.25) is 0 Å². The zero-order valence-electron chi connectivity index (χ0n) is 8.63. The van der Waals surface area contributed by atoms with Crippen molar-refractivity contribution in [3.63, 3.8) is 0 Å². The van der Waals surface area contributed by atoms with Crippen LogP contribution in [0.2, 0.25) is 0 Å². The number of aromatic nitrogens is 1. The van der Waals surface area contributed by atoms with Gasteiger partial charge in [0.15, 0.2) is 0 Å². The molecular weight excluding hydrogens is 204 g/mol. The van der Waals surface area contributed by atoms with E-state index in [0.717, 1.165) is 5.56 Å². The minimum Gasteiger partial charge on any atom is -0.456 e. The fourth-order valence-corrected chi connectivity index (χ4v) is 1.25. The second-order valence-corrected chi connectivity index (χ2v) is 3.32. The quantitative estimate of drug-likeness (QED) is 0.822. The van der Waals surface area contributed by atoms with E-state index in [0.29, 0.717) is 17.3 Å². The molecule has 2 rings (SSSR count). The Morgan fingerprint density at radius 2 is 1.75 bits per heavy atom. The fraction of sp³-hybridized carbons (Fsp3) is 0.0833. The van der Waals surface area contributed by atoms with Crippen LogP contribution in [0.15, 0.2) is 42.6 Å². The number of ether oxygens (including phenoxy) is 1. The van der Waals surface area contributed by atoms with Gasteiger partial charge in [-0.2, -0.15) is 0 Å². The van der Waals surface area contributed by atoms with E-state index in [9.17, 15) is 0 Å². The molecule has 1 heterocycles. The first-order chi connectivity index (χ1) is 7.78. The lowest BCUT2D eigenvalue weighted by Gasteiger charge is -2.05. The Balaban J connectivity index is 2.11. The Bertz CT molecular complexity index is 451. The van der Waals surface area contributed by atoms with Crippen molar-refractivity contribution in [1.82, 2.24) is 4.98 Å². The number of nitrogen functional groups attached to an aromatic ring is 1. The van der Waals surface area contributed by atoms with Crippen molar-refractivity contribution in [2.75, 3.05) is 5.73 Å². The molecule has 0 aliphatic rings. The Labute approximate surface area is 93.3 Å². The molecule has 0 amide bonds. The summed E-state index contributed by atoms with van der Waals surface area (Å²) in [6.45, 7) is 0.0315. The molecule has 0 bridgehead atoms. The summed E-state index contributed by atoms with van der Waals surface area (Å²) in [5.41, 5.74) is 6.31. The number of benzene rings is 1. The molecule has 0 aliphatic heterocycles. The van der Waals surface area contributed by atoms with E-state index in [-0.39, 0.29) is 6.61 Å². The molecule has 0 spiro atoms. The minimum absolute atomic E-state index is 0.0315. The van der Waals surface area contributed by atoms with Crippen LogP contribution in [0.4, 0.5) is 5.82 Å². The number of hydrogen-bond acceptors (Lipinski definition) is 4. The molecule has 2 aromatic rings. The van der Waals surface area contributed by atoms with E-state index in [2.05, 4.69) is 4.98 Å². The van der Waals surface area contributed by atoms with Gasteiger partial charge in [-0.1, -0.05) is 12.1 Å². The molecule has 82 valence electrons. The van der Waals surface area contributed by atoms with Gasteiger partial charge in [-0.15, -0.1) is 0 Å². The summed E-state index contributed by atoms with van der Waals surface area (Å²) in [7, 11) is 0. The second-order valence-electron chi connectivity index (χ2n) is 3.32. The van der Waals surface area contributed by atoms with Gasteiger partial charge in [-0.25, -0.2) is 4.98 Å². The Kier molecular flexibility index (Phi) is 3.03. The third-order valence-electron chi connectivity index (χ3n) is 2.10. The number of hydrogen-bond donors (Lipinski definition) is 2. The monoisotopic (exact) mass is 216 g/mol. The van der Waals surface area contributed by atoms with Crippen molar-refractivity contribution in [2.45, 2.75) is 6.61 Å². The summed E-state index contributed by atoms with van der Waals surface area (Å²) in [6.07, 6.45) is 1.56. The Morgan fingerprint density at radius 3 is 2.31 bits per heavy atom. The van der Waals surface area contributed by atoms with Crippen LogP contribution in [-0.4, -0.2) is 10.1 Å². The topological polar surface area (TPSA) is 68.4 Å². The summed E-state index contributed by atoms with van der Waals surface area (Å²) in [6, 6.07) is 10.6. The van der Waals surface area contributed by atoms with Crippen LogP contribution in [0.3, 0.4) is 0 Å². The maximum Gasteiger partial charge on any atom is 0.145 e. The largest absolute Gasteiger partial charge is 0.456 e. The molecule has 0 radical (unpaired) electrons. The average Bonchev–Trinajstić information content (AvgIpc) is 2.33. The fourth-order valence-electron chi connectivity index (χ4n) is 1.25. The first-order valence-electron chi connectivity index (χ1n) is 4.87. The lowest BCUT2D eigenvalue weighted by Crippen LogP contribution is -1.90. The zero-order valence-corrected chi connectivity index (χ0v) is 8.63. The van der Waals surface area contributed by atoms with Gasteiger partial charge in [0.2, 0.25) is 0 Å². The van der Waals surface area contributed by atoms with Crippen molar-refractivity contribution in [1.29, 1.82) is 0 Å². The van der Waals surface area contributed by atoms with Gasteiger partial charge in [0.05, 0.1) is 12.8 Å². The summed E-state index contributed by atoms with van der Waals surface area (Å²) >= 11 is 0. The summed E-state index contributed by atoms with van der Waals surface area (Å²) in [4.78, 5) is 3.92. The molecule has 0 unspecified atom stereocenters. The molecule has 1 aromatic carbocycles. The van der Waals surface area contributed by atoms with Crippen LogP contribution in [0.25, 0.3) is 0 Å². The van der Waals surface area contributed by atoms with Crippen molar-refractivity contribution in [2.24, 2.45) is 0 Å². The second kappa shape index (κ2) is 4.63. The molecule has 1 aromatic heterocycles. The zero-order chi connectivity index (χ0) is 11.4. The lowest BCUT2D eigenvalue weighted by molar-refractivity contribution is 0.281. The highest BCUT2D eigenvalue weighted by Crippen LogP contribution is 2.21. The van der Waals surface area contributed by atoms with Crippen molar-refractivity contribution in [3.8, 4) is 11.5 Å². The van der Waals surface area contributed by atoms with Gasteiger partial charge in [0.1, 0.15) is 17.3 Å². The SMILES string of the molecule is Nc1ccc(Oc2ccc(CO)cc2)cn1. The van der Waals surface area contributed by atoms with Crippen LogP contribution in [0.1, 0.15) is 5.56 Å². The summed E-state index contributed by atoms with van der Waals surface area (Å²) in [5.74, 6) is 1.79. The molecule has 0 aliphatic carbocycles. The van der Waals surface area contributed by atoms with Crippen molar-refractivity contribution in [3.05, 3.63) is 48.2 Å². The first kappa shape index (κ1) is 10.4. The molecule has 0 saturated carbocycles. The molecule has 0 fully saturated rings. The smallest absolute Gasteiger partial charge is 0.145 e.